The molecule has 1 aromatic heterocycles. The number of aromatic nitrogens is 1. The lowest BCUT2D eigenvalue weighted by atomic mass is 10.0. The maximum Gasteiger partial charge on any atom is 0.336 e. The second kappa shape index (κ2) is 6.55. The number of fused-ring (bicyclic) bond motifs is 2. The van der Waals surface area contributed by atoms with E-state index in [-0.39, 0.29) is 5.56 Å². The van der Waals surface area contributed by atoms with Gasteiger partial charge in [-0.2, -0.15) is 0 Å². The van der Waals surface area contributed by atoms with E-state index in [1.54, 1.807) is 25.3 Å². The Morgan fingerprint density at radius 3 is 2.42 bits per heavy atom. The van der Waals surface area contributed by atoms with Crippen molar-refractivity contribution in [3.63, 3.8) is 0 Å². The van der Waals surface area contributed by atoms with Gasteiger partial charge in [-0.3, -0.25) is 0 Å². The minimum atomic E-state index is -1.01. The highest BCUT2D eigenvalue weighted by atomic mass is 16.5. The van der Waals surface area contributed by atoms with Crippen LogP contribution in [0.2, 0.25) is 0 Å². The molecule has 26 heavy (non-hydrogen) atoms. The van der Waals surface area contributed by atoms with Crippen molar-refractivity contribution in [2.75, 3.05) is 20.3 Å². The molecule has 0 bridgehead atoms. The number of carboxylic acids is 1. The fraction of sp³-hybridized carbons (Fsp3) is 0.200. The van der Waals surface area contributed by atoms with Gasteiger partial charge >= 0.3 is 5.97 Å². The van der Waals surface area contributed by atoms with Gasteiger partial charge in [0.15, 0.2) is 11.5 Å². The van der Waals surface area contributed by atoms with Crippen molar-refractivity contribution in [1.29, 1.82) is 0 Å². The molecule has 6 nitrogen and oxygen atoms in total. The number of hydrogen-bond acceptors (Lipinski definition) is 5. The van der Waals surface area contributed by atoms with Crippen molar-refractivity contribution < 1.29 is 24.1 Å². The van der Waals surface area contributed by atoms with Crippen LogP contribution < -0.4 is 14.2 Å². The topological polar surface area (TPSA) is 77.9 Å². The quantitative estimate of drug-likeness (QED) is 0.774. The molecule has 0 saturated heterocycles. The van der Waals surface area contributed by atoms with Crippen LogP contribution in [0.15, 0.2) is 42.5 Å². The molecule has 0 atom stereocenters. The molecule has 4 rings (SSSR count). The lowest BCUT2D eigenvalue weighted by Gasteiger charge is -2.12. The van der Waals surface area contributed by atoms with Gasteiger partial charge in [-0.25, -0.2) is 9.78 Å². The third-order valence-electron chi connectivity index (χ3n) is 4.29. The molecular formula is C20H17NO5. The first-order chi connectivity index (χ1) is 12.7. The van der Waals surface area contributed by atoms with Gasteiger partial charge in [-0.15, -0.1) is 0 Å². The van der Waals surface area contributed by atoms with Crippen LogP contribution in [-0.2, 0) is 0 Å². The van der Waals surface area contributed by atoms with Crippen LogP contribution in [0.3, 0.4) is 0 Å². The minimum Gasteiger partial charge on any atom is -0.497 e. The molecule has 2 aromatic carbocycles. The molecule has 0 fully saturated rings. The maximum atomic E-state index is 11.8. The Labute approximate surface area is 150 Å². The third-order valence-corrected chi connectivity index (χ3v) is 4.29. The van der Waals surface area contributed by atoms with Crippen LogP contribution in [0, 0.1) is 0 Å². The second-order valence-electron chi connectivity index (χ2n) is 5.96. The Morgan fingerprint density at radius 1 is 1.08 bits per heavy atom. The van der Waals surface area contributed by atoms with Crippen LogP contribution in [0.25, 0.3) is 22.2 Å². The lowest BCUT2D eigenvalue weighted by Crippen LogP contribution is -2.01. The molecule has 0 spiro atoms. The first-order valence-electron chi connectivity index (χ1n) is 8.28. The highest BCUT2D eigenvalue weighted by Gasteiger charge is 2.18. The van der Waals surface area contributed by atoms with Gasteiger partial charge < -0.3 is 19.3 Å². The molecular weight excluding hydrogens is 334 g/mol. The molecule has 0 unspecified atom stereocenters. The summed E-state index contributed by atoms with van der Waals surface area (Å²) in [5.74, 6) is 0.854. The average molecular weight is 351 g/mol. The number of carbonyl (C=O) groups is 1. The molecule has 3 aromatic rings. The van der Waals surface area contributed by atoms with Gasteiger partial charge in [0.2, 0.25) is 0 Å². The largest absolute Gasteiger partial charge is 0.497 e. The Bertz CT molecular complexity index is 982. The number of rotatable bonds is 3. The number of hydrogen-bond donors (Lipinski definition) is 1. The predicted molar refractivity (Wildman–Crippen MR) is 96.3 cm³/mol. The Balaban J connectivity index is 1.90. The molecule has 0 radical (unpaired) electrons. The zero-order valence-electron chi connectivity index (χ0n) is 14.2. The Kier molecular flexibility index (Phi) is 4.08. The molecule has 6 heteroatoms. The van der Waals surface area contributed by atoms with Crippen LogP contribution in [-0.4, -0.2) is 36.4 Å². The smallest absolute Gasteiger partial charge is 0.336 e. The van der Waals surface area contributed by atoms with E-state index >= 15 is 0 Å². The van der Waals surface area contributed by atoms with Crippen molar-refractivity contribution in [2.24, 2.45) is 0 Å². The van der Waals surface area contributed by atoms with E-state index in [1.165, 1.54) is 0 Å². The summed E-state index contributed by atoms with van der Waals surface area (Å²) in [6, 6.07) is 12.4. The normalized spacial score (nSPS) is 13.3. The van der Waals surface area contributed by atoms with Gasteiger partial charge in [0.05, 0.1) is 37.1 Å². The summed E-state index contributed by atoms with van der Waals surface area (Å²) in [7, 11) is 1.60. The number of ether oxygens (including phenoxy) is 3. The molecule has 1 aliphatic rings. The molecule has 2 heterocycles. The summed E-state index contributed by atoms with van der Waals surface area (Å²) >= 11 is 0. The molecule has 1 aliphatic heterocycles. The van der Waals surface area contributed by atoms with E-state index in [0.29, 0.717) is 41.3 Å². The Morgan fingerprint density at radius 2 is 1.77 bits per heavy atom. The van der Waals surface area contributed by atoms with Crippen molar-refractivity contribution >= 4 is 16.9 Å². The molecule has 0 aliphatic carbocycles. The van der Waals surface area contributed by atoms with Crippen molar-refractivity contribution in [2.45, 2.75) is 6.42 Å². The van der Waals surface area contributed by atoms with Crippen LogP contribution >= 0.6 is 0 Å². The van der Waals surface area contributed by atoms with Crippen LogP contribution in [0.1, 0.15) is 16.8 Å². The monoisotopic (exact) mass is 351 g/mol. The van der Waals surface area contributed by atoms with Gasteiger partial charge in [0, 0.05) is 23.4 Å². The molecule has 0 amide bonds. The maximum absolute atomic E-state index is 11.8. The number of pyridine rings is 1. The number of benzene rings is 2. The van der Waals surface area contributed by atoms with E-state index in [9.17, 15) is 9.90 Å². The number of nitrogens with zero attached hydrogens (tertiary/aromatic N) is 1. The van der Waals surface area contributed by atoms with Crippen LogP contribution in [0.4, 0.5) is 0 Å². The SMILES string of the molecule is COc1ccc(-c2cc(C(=O)O)c3cc4c(cc3n2)OCCCO4)cc1. The van der Waals surface area contributed by atoms with Crippen molar-refractivity contribution in [3.05, 3.63) is 48.0 Å². The highest BCUT2D eigenvalue weighted by Crippen LogP contribution is 2.36. The van der Waals surface area contributed by atoms with Gasteiger partial charge in [0.1, 0.15) is 5.75 Å². The second-order valence-corrected chi connectivity index (χ2v) is 5.96. The fourth-order valence-electron chi connectivity index (χ4n) is 2.97. The first-order valence-corrected chi connectivity index (χ1v) is 8.28. The van der Waals surface area contributed by atoms with E-state index in [1.807, 2.05) is 24.3 Å². The highest BCUT2D eigenvalue weighted by molar-refractivity contribution is 6.04. The third kappa shape index (κ3) is 2.90. The molecule has 1 N–H and O–H groups in total. The van der Waals surface area contributed by atoms with E-state index < -0.39 is 5.97 Å². The minimum absolute atomic E-state index is 0.177. The number of carboxylic acid groups (broad SMARTS) is 1. The summed E-state index contributed by atoms with van der Waals surface area (Å²) in [5.41, 5.74) is 2.12. The summed E-state index contributed by atoms with van der Waals surface area (Å²) in [6.07, 6.45) is 0.779. The predicted octanol–water partition coefficient (Wildman–Crippen LogP) is 3.77. The lowest BCUT2D eigenvalue weighted by molar-refractivity contribution is 0.0699. The summed E-state index contributed by atoms with van der Waals surface area (Å²) in [4.78, 5) is 16.5. The van der Waals surface area contributed by atoms with E-state index in [0.717, 1.165) is 17.7 Å². The summed E-state index contributed by atoms with van der Waals surface area (Å²) < 4.78 is 16.5. The summed E-state index contributed by atoms with van der Waals surface area (Å²) in [5, 5.41) is 10.2. The van der Waals surface area contributed by atoms with Gasteiger partial charge in [-0.05, 0) is 36.4 Å². The number of methoxy groups -OCH3 is 1. The average Bonchev–Trinajstić information content (AvgIpc) is 2.90. The van der Waals surface area contributed by atoms with Gasteiger partial charge in [-0.1, -0.05) is 0 Å². The standard InChI is InChI=1S/C20H17NO5/c1-24-13-5-3-12(4-6-13)16-9-15(20(22)23)14-10-18-19(11-17(14)21-16)26-8-2-7-25-18/h3-6,9-11H,2,7-8H2,1H3,(H,22,23). The fourth-order valence-corrected chi connectivity index (χ4v) is 2.97. The zero-order valence-corrected chi connectivity index (χ0v) is 14.2. The van der Waals surface area contributed by atoms with Crippen molar-refractivity contribution in [3.8, 4) is 28.5 Å². The van der Waals surface area contributed by atoms with E-state index in [2.05, 4.69) is 4.98 Å². The molecule has 0 saturated carbocycles. The zero-order chi connectivity index (χ0) is 18.1. The van der Waals surface area contributed by atoms with Crippen molar-refractivity contribution in [1.82, 2.24) is 4.98 Å². The number of aromatic carboxylic acids is 1. The first kappa shape index (κ1) is 16.2. The molecule has 132 valence electrons. The van der Waals surface area contributed by atoms with Crippen LogP contribution in [0.5, 0.6) is 17.2 Å². The van der Waals surface area contributed by atoms with Gasteiger partial charge in [0.25, 0.3) is 0 Å². The summed E-state index contributed by atoms with van der Waals surface area (Å²) in [6.45, 7) is 1.10. The Hall–Kier alpha value is -3.28. The van der Waals surface area contributed by atoms with E-state index in [4.69, 9.17) is 14.2 Å².